The van der Waals surface area contributed by atoms with Gasteiger partial charge in [-0.25, -0.2) is 4.21 Å². The standard InChI is InChI=1S/C39H44F6N2O9S2/c1-34(2)26-14-16-36(34,31(48)20-26)22-30(46-55-57(50)39(43,44)45)24-6-10-28(11-7-24)53-18-5-19-54-29-12-8-25(9-13-29)33(38(40,41)42)47-56-58(51,52)23-37-17-15-27(21-32(37)49)35(37,3)4/h6-13,26-27H,5,14-23H2,1-4H3/b46-30+,47-33-. The van der Waals surface area contributed by atoms with Crippen LogP contribution in [-0.4, -0.2) is 66.3 Å². The average Bonchev–Trinajstić information content (AvgIpc) is 3.66. The van der Waals surface area contributed by atoms with Crippen LogP contribution in [0.25, 0.3) is 0 Å². The molecule has 2 aromatic carbocycles. The summed E-state index contributed by atoms with van der Waals surface area (Å²) in [5.41, 5.74) is -9.95. The lowest BCUT2D eigenvalue weighted by Gasteiger charge is -2.36. The molecule has 19 heteroatoms. The van der Waals surface area contributed by atoms with Crippen molar-refractivity contribution in [3.8, 4) is 11.5 Å². The Balaban J connectivity index is 1.03. The summed E-state index contributed by atoms with van der Waals surface area (Å²) in [6.07, 6.45) is -1.84. The Labute approximate surface area is 334 Å². The number of rotatable bonds is 16. The molecule has 2 aromatic rings. The highest BCUT2D eigenvalue weighted by molar-refractivity contribution is 7.86. The maximum absolute atomic E-state index is 14.0. The second-order valence-electron chi connectivity index (χ2n) is 16.6. The Morgan fingerprint density at radius 2 is 1.24 bits per heavy atom. The molecule has 0 spiro atoms. The summed E-state index contributed by atoms with van der Waals surface area (Å²) in [4.78, 5) is 25.9. The van der Waals surface area contributed by atoms with Gasteiger partial charge in [0.1, 0.15) is 28.8 Å². The van der Waals surface area contributed by atoms with Gasteiger partial charge in [-0.2, -0.15) is 34.8 Å². The van der Waals surface area contributed by atoms with Crippen LogP contribution in [0.1, 0.15) is 90.2 Å². The summed E-state index contributed by atoms with van der Waals surface area (Å²) >= 11 is -3.70. The number of oxime groups is 2. The van der Waals surface area contributed by atoms with Crippen molar-refractivity contribution in [2.24, 2.45) is 43.8 Å². The number of fused-ring (bicyclic) bond motifs is 4. The molecule has 4 aliphatic rings. The number of alkyl halides is 6. The molecule has 318 valence electrons. The zero-order valence-electron chi connectivity index (χ0n) is 32.2. The fraction of sp³-hybridized carbons (Fsp3) is 0.590. The van der Waals surface area contributed by atoms with E-state index < -0.39 is 71.6 Å². The van der Waals surface area contributed by atoms with Crippen LogP contribution in [0, 0.1) is 33.5 Å². The molecule has 0 saturated heterocycles. The zero-order valence-corrected chi connectivity index (χ0v) is 33.8. The molecule has 4 bridgehead atoms. The minimum atomic E-state index is -5.15. The maximum atomic E-state index is 14.0. The topological polar surface area (TPSA) is 147 Å². The minimum Gasteiger partial charge on any atom is -0.493 e. The van der Waals surface area contributed by atoms with Gasteiger partial charge in [0.15, 0.2) is 5.71 Å². The molecule has 0 heterocycles. The molecule has 0 aromatic heterocycles. The number of ether oxygens (including phenoxy) is 2. The second-order valence-corrected chi connectivity index (χ2v) is 19.3. The van der Waals surface area contributed by atoms with Crippen LogP contribution >= 0.6 is 0 Å². The van der Waals surface area contributed by atoms with E-state index >= 15 is 0 Å². The summed E-state index contributed by atoms with van der Waals surface area (Å²) in [7, 11) is -4.66. The summed E-state index contributed by atoms with van der Waals surface area (Å²) in [6, 6.07) is 10.8. The van der Waals surface area contributed by atoms with Crippen molar-refractivity contribution in [2.45, 2.75) is 90.7 Å². The lowest BCUT2D eigenvalue weighted by atomic mass is 9.65. The van der Waals surface area contributed by atoms with Gasteiger partial charge in [0.2, 0.25) is 0 Å². The van der Waals surface area contributed by atoms with Gasteiger partial charge in [-0.15, -0.1) is 0 Å². The van der Waals surface area contributed by atoms with Gasteiger partial charge >= 0.3 is 32.9 Å². The van der Waals surface area contributed by atoms with Crippen LogP contribution in [-0.2, 0) is 39.4 Å². The minimum absolute atomic E-state index is 0.00168. The van der Waals surface area contributed by atoms with Crippen molar-refractivity contribution in [2.75, 3.05) is 19.0 Å². The second kappa shape index (κ2) is 15.6. The molecular weight excluding hydrogens is 819 g/mol. The van der Waals surface area contributed by atoms with Crippen LogP contribution < -0.4 is 9.47 Å². The molecule has 5 atom stereocenters. The van der Waals surface area contributed by atoms with E-state index in [1.807, 2.05) is 13.8 Å². The number of hydrogen-bond acceptors (Lipinski definition) is 11. The fourth-order valence-electron chi connectivity index (χ4n) is 9.47. The molecule has 0 N–H and O–H groups in total. The Bertz CT molecular complexity index is 2100. The normalized spacial score (nSPS) is 27.2. The number of hydrogen-bond donors (Lipinski definition) is 0. The molecule has 0 aliphatic heterocycles. The Morgan fingerprint density at radius 1 is 0.759 bits per heavy atom. The predicted molar refractivity (Wildman–Crippen MR) is 200 cm³/mol. The van der Waals surface area contributed by atoms with Crippen LogP contribution in [0.4, 0.5) is 26.3 Å². The summed E-state index contributed by atoms with van der Waals surface area (Å²) < 4.78 is 138. The highest BCUT2D eigenvalue weighted by Crippen LogP contribution is 2.66. The van der Waals surface area contributed by atoms with Crippen LogP contribution in [0.5, 0.6) is 11.5 Å². The first kappa shape index (κ1) is 43.6. The van der Waals surface area contributed by atoms with Gasteiger partial charge in [-0.3, -0.25) is 18.2 Å². The quantitative estimate of drug-likeness (QED) is 0.0705. The van der Waals surface area contributed by atoms with E-state index in [0.717, 1.165) is 18.6 Å². The van der Waals surface area contributed by atoms with Gasteiger partial charge < -0.3 is 9.47 Å². The molecular formula is C39H44F6N2O9S2. The van der Waals surface area contributed by atoms with Crippen molar-refractivity contribution in [3.05, 3.63) is 59.7 Å². The molecule has 0 amide bonds. The maximum Gasteiger partial charge on any atom is 0.510 e. The summed E-state index contributed by atoms with van der Waals surface area (Å²) in [5, 5.41) is 6.65. The first-order chi connectivity index (χ1) is 26.9. The number of benzene rings is 2. The number of ketones is 2. The first-order valence-corrected chi connectivity index (χ1v) is 21.4. The molecule has 58 heavy (non-hydrogen) atoms. The number of Topliss-reactive ketones (excluding diaryl/α,β-unsaturated/α-hetero) is 2. The smallest absolute Gasteiger partial charge is 0.493 e. The highest BCUT2D eigenvalue weighted by atomic mass is 32.2. The number of nitrogens with zero attached hydrogens (tertiary/aromatic N) is 2. The first-order valence-electron chi connectivity index (χ1n) is 18.7. The zero-order chi connectivity index (χ0) is 42.5. The highest BCUT2D eigenvalue weighted by Gasteiger charge is 2.66. The lowest BCUT2D eigenvalue weighted by Crippen LogP contribution is -2.42. The van der Waals surface area contributed by atoms with E-state index in [-0.39, 0.29) is 60.9 Å². The van der Waals surface area contributed by atoms with E-state index in [1.54, 1.807) is 38.1 Å². The number of halogens is 6. The van der Waals surface area contributed by atoms with Crippen molar-refractivity contribution < 1.29 is 66.6 Å². The third-order valence-corrected chi connectivity index (χ3v) is 15.0. The van der Waals surface area contributed by atoms with Crippen molar-refractivity contribution in [1.29, 1.82) is 0 Å². The van der Waals surface area contributed by atoms with Gasteiger partial charge in [-0.1, -0.05) is 38.0 Å². The molecule has 0 radical (unpaired) electrons. The lowest BCUT2D eigenvalue weighted by molar-refractivity contribution is -0.129. The number of carbonyl (C=O) groups excluding carboxylic acids is 2. The van der Waals surface area contributed by atoms with Gasteiger partial charge in [0, 0.05) is 36.7 Å². The molecule has 11 nitrogen and oxygen atoms in total. The van der Waals surface area contributed by atoms with Gasteiger partial charge in [0.25, 0.3) is 0 Å². The predicted octanol–water partition coefficient (Wildman–Crippen LogP) is 8.23. The molecule has 5 unspecified atom stereocenters. The van der Waals surface area contributed by atoms with E-state index in [1.165, 1.54) is 12.1 Å². The van der Waals surface area contributed by atoms with E-state index in [0.29, 0.717) is 43.4 Å². The SMILES string of the molecule is CC1(C)C2CCC1(C/C(=N\OS(=O)C(F)(F)F)c1ccc(OCCCOc3ccc(/C(=N/OS(=O)(=O)CC45CCC(CC4=O)C5(C)C)C(F)(F)F)cc3)cc1)C(=O)C2. The van der Waals surface area contributed by atoms with Crippen molar-refractivity contribution in [1.82, 2.24) is 0 Å². The third kappa shape index (κ3) is 8.26. The van der Waals surface area contributed by atoms with Crippen molar-refractivity contribution >= 4 is 44.2 Å². The summed E-state index contributed by atoms with van der Waals surface area (Å²) in [5.74, 6) is -0.245. The molecule has 4 aliphatic carbocycles. The van der Waals surface area contributed by atoms with Crippen LogP contribution in [0.15, 0.2) is 58.8 Å². The average molecular weight is 863 g/mol. The Morgan fingerprint density at radius 3 is 1.67 bits per heavy atom. The monoisotopic (exact) mass is 862 g/mol. The van der Waals surface area contributed by atoms with E-state index in [9.17, 15) is 48.6 Å². The van der Waals surface area contributed by atoms with E-state index in [4.69, 9.17) is 9.47 Å². The van der Waals surface area contributed by atoms with E-state index in [2.05, 4.69) is 18.9 Å². The largest absolute Gasteiger partial charge is 0.510 e. The Hall–Kier alpha value is -4.00. The van der Waals surface area contributed by atoms with Crippen LogP contribution in [0.3, 0.4) is 0 Å². The molecule has 6 rings (SSSR count). The van der Waals surface area contributed by atoms with Gasteiger partial charge in [0.05, 0.1) is 24.3 Å². The molecule has 4 fully saturated rings. The Kier molecular flexibility index (Phi) is 11.7. The summed E-state index contributed by atoms with van der Waals surface area (Å²) in [6.45, 7) is 7.76. The fourth-order valence-corrected chi connectivity index (χ4v) is 11.2. The molecule has 4 saturated carbocycles. The van der Waals surface area contributed by atoms with Crippen LogP contribution in [0.2, 0.25) is 0 Å². The van der Waals surface area contributed by atoms with Gasteiger partial charge in [-0.05, 0) is 102 Å². The third-order valence-electron chi connectivity index (χ3n) is 13.2. The number of carbonyl (C=O) groups is 2. The van der Waals surface area contributed by atoms with Crippen molar-refractivity contribution in [3.63, 3.8) is 0 Å².